The highest BCUT2D eigenvalue weighted by Gasteiger charge is 2.03. The summed E-state index contributed by atoms with van der Waals surface area (Å²) in [4.78, 5) is 2.14. The zero-order valence-electron chi connectivity index (χ0n) is 9.12. The summed E-state index contributed by atoms with van der Waals surface area (Å²) in [6.07, 6.45) is 2.24. The topological polar surface area (TPSA) is 3.24 Å². The summed E-state index contributed by atoms with van der Waals surface area (Å²) in [5.74, 6) is 0.812. The third kappa shape index (κ3) is 4.67. The largest absolute Gasteiger partial charge is 0.302 e. The maximum Gasteiger partial charge on any atom is 0.127 e. The summed E-state index contributed by atoms with van der Waals surface area (Å²) in [5, 5.41) is 0. The van der Waals surface area contributed by atoms with Gasteiger partial charge in [0.15, 0.2) is 0 Å². The highest BCUT2D eigenvalue weighted by molar-refractivity contribution is 7.80. The molecular formula is C12H18FNS. The normalized spacial score (nSPS) is 10.9. The predicted molar refractivity (Wildman–Crippen MR) is 65.8 cm³/mol. The van der Waals surface area contributed by atoms with E-state index in [0.29, 0.717) is 6.54 Å². The Balaban J connectivity index is 2.37. The molecule has 1 nitrogen and oxygen atoms in total. The summed E-state index contributed by atoms with van der Waals surface area (Å²) >= 11 is 4.16. The lowest BCUT2D eigenvalue weighted by Crippen LogP contribution is -2.19. The molecule has 1 aromatic rings. The molecule has 1 aromatic carbocycles. The maximum atomic E-state index is 13.3. The highest BCUT2D eigenvalue weighted by Crippen LogP contribution is 2.09. The SMILES string of the molecule is CN(CCCCS)Cc1ccccc1F. The Hall–Kier alpha value is -0.540. The van der Waals surface area contributed by atoms with Gasteiger partial charge in [0.05, 0.1) is 0 Å². The van der Waals surface area contributed by atoms with Crippen molar-refractivity contribution in [3.8, 4) is 0 Å². The van der Waals surface area contributed by atoms with Gasteiger partial charge in [-0.2, -0.15) is 12.6 Å². The quantitative estimate of drug-likeness (QED) is 0.577. The van der Waals surface area contributed by atoms with Crippen LogP contribution in [0, 0.1) is 5.82 Å². The van der Waals surface area contributed by atoms with E-state index in [1.165, 1.54) is 6.07 Å². The number of hydrogen-bond acceptors (Lipinski definition) is 2. The first-order valence-electron chi connectivity index (χ1n) is 5.27. The van der Waals surface area contributed by atoms with Crippen LogP contribution in [0.5, 0.6) is 0 Å². The number of thiol groups is 1. The van der Waals surface area contributed by atoms with Gasteiger partial charge in [-0.3, -0.25) is 0 Å². The maximum absolute atomic E-state index is 13.3. The number of rotatable bonds is 6. The van der Waals surface area contributed by atoms with Gasteiger partial charge in [-0.25, -0.2) is 4.39 Å². The van der Waals surface area contributed by atoms with E-state index in [4.69, 9.17) is 0 Å². The number of hydrogen-bond donors (Lipinski definition) is 1. The Morgan fingerprint density at radius 1 is 1.27 bits per heavy atom. The number of halogens is 1. The molecule has 0 bridgehead atoms. The Kier molecular flexibility index (Phi) is 5.73. The molecule has 15 heavy (non-hydrogen) atoms. The van der Waals surface area contributed by atoms with Gasteiger partial charge in [0, 0.05) is 12.1 Å². The fourth-order valence-corrected chi connectivity index (χ4v) is 1.71. The van der Waals surface area contributed by atoms with Crippen LogP contribution in [0.15, 0.2) is 24.3 Å². The van der Waals surface area contributed by atoms with Crippen molar-refractivity contribution in [2.45, 2.75) is 19.4 Å². The second kappa shape index (κ2) is 6.85. The van der Waals surface area contributed by atoms with Crippen molar-refractivity contribution in [1.29, 1.82) is 0 Å². The molecule has 0 spiro atoms. The fraction of sp³-hybridized carbons (Fsp3) is 0.500. The van der Waals surface area contributed by atoms with Gasteiger partial charge < -0.3 is 4.90 Å². The van der Waals surface area contributed by atoms with Crippen molar-refractivity contribution in [2.75, 3.05) is 19.3 Å². The van der Waals surface area contributed by atoms with E-state index in [9.17, 15) is 4.39 Å². The zero-order valence-corrected chi connectivity index (χ0v) is 10.0. The molecular weight excluding hydrogens is 209 g/mol. The van der Waals surface area contributed by atoms with E-state index in [2.05, 4.69) is 17.5 Å². The van der Waals surface area contributed by atoms with Gasteiger partial charge >= 0.3 is 0 Å². The molecule has 0 aromatic heterocycles. The molecule has 0 saturated carbocycles. The van der Waals surface area contributed by atoms with Gasteiger partial charge in [0.2, 0.25) is 0 Å². The fourth-order valence-electron chi connectivity index (χ4n) is 1.49. The van der Waals surface area contributed by atoms with Gasteiger partial charge in [-0.05, 0) is 38.3 Å². The molecule has 0 aliphatic carbocycles. The molecule has 0 heterocycles. The first-order valence-corrected chi connectivity index (χ1v) is 5.90. The minimum Gasteiger partial charge on any atom is -0.302 e. The first-order chi connectivity index (χ1) is 7.24. The summed E-state index contributed by atoms with van der Waals surface area (Å²) in [5.41, 5.74) is 0.769. The molecule has 0 unspecified atom stereocenters. The van der Waals surface area contributed by atoms with E-state index in [1.54, 1.807) is 6.07 Å². The second-order valence-corrected chi connectivity index (χ2v) is 4.21. The van der Waals surface area contributed by atoms with E-state index in [1.807, 2.05) is 19.2 Å². The lowest BCUT2D eigenvalue weighted by molar-refractivity contribution is 0.316. The zero-order chi connectivity index (χ0) is 11.1. The lowest BCUT2D eigenvalue weighted by atomic mass is 10.2. The minimum atomic E-state index is -0.112. The molecule has 0 atom stereocenters. The standard InChI is InChI=1S/C12H18FNS/c1-14(8-4-5-9-15)10-11-6-2-3-7-12(11)13/h2-3,6-7,15H,4-5,8-10H2,1H3. The first kappa shape index (κ1) is 12.5. The van der Waals surface area contributed by atoms with Crippen LogP contribution in [0.4, 0.5) is 4.39 Å². The molecule has 0 aliphatic heterocycles. The minimum absolute atomic E-state index is 0.112. The third-order valence-electron chi connectivity index (χ3n) is 2.35. The Labute approximate surface area is 96.7 Å². The van der Waals surface area contributed by atoms with Crippen LogP contribution in [0.3, 0.4) is 0 Å². The average Bonchev–Trinajstić information content (AvgIpc) is 2.22. The molecule has 84 valence electrons. The highest BCUT2D eigenvalue weighted by atomic mass is 32.1. The van der Waals surface area contributed by atoms with Gasteiger partial charge in [-0.15, -0.1) is 0 Å². The Morgan fingerprint density at radius 2 is 2.00 bits per heavy atom. The van der Waals surface area contributed by atoms with Crippen LogP contribution in [0.2, 0.25) is 0 Å². The van der Waals surface area contributed by atoms with Crippen molar-refractivity contribution in [2.24, 2.45) is 0 Å². The third-order valence-corrected chi connectivity index (χ3v) is 2.66. The van der Waals surface area contributed by atoms with Crippen molar-refractivity contribution in [1.82, 2.24) is 4.90 Å². The molecule has 0 fully saturated rings. The summed E-state index contributed by atoms with van der Waals surface area (Å²) in [6.45, 7) is 1.67. The number of unbranched alkanes of at least 4 members (excludes halogenated alkanes) is 1. The molecule has 0 aliphatic rings. The second-order valence-electron chi connectivity index (χ2n) is 3.76. The van der Waals surface area contributed by atoms with E-state index < -0.39 is 0 Å². The Bertz CT molecular complexity index is 291. The van der Waals surface area contributed by atoms with Crippen molar-refractivity contribution in [3.05, 3.63) is 35.6 Å². The number of nitrogens with zero attached hydrogens (tertiary/aromatic N) is 1. The smallest absolute Gasteiger partial charge is 0.127 e. The van der Waals surface area contributed by atoms with Crippen LogP contribution in [0.25, 0.3) is 0 Å². The summed E-state index contributed by atoms with van der Waals surface area (Å²) in [6, 6.07) is 6.95. The molecule has 0 saturated heterocycles. The van der Waals surface area contributed by atoms with Crippen molar-refractivity contribution in [3.63, 3.8) is 0 Å². The number of benzene rings is 1. The van der Waals surface area contributed by atoms with Crippen molar-refractivity contribution >= 4 is 12.6 Å². The van der Waals surface area contributed by atoms with Crippen LogP contribution >= 0.6 is 12.6 Å². The molecule has 3 heteroatoms. The summed E-state index contributed by atoms with van der Waals surface area (Å²) in [7, 11) is 2.02. The van der Waals surface area contributed by atoms with Gasteiger partial charge in [-0.1, -0.05) is 18.2 Å². The average molecular weight is 227 g/mol. The summed E-state index contributed by atoms with van der Waals surface area (Å²) < 4.78 is 13.3. The molecule has 0 N–H and O–H groups in total. The van der Waals surface area contributed by atoms with E-state index in [0.717, 1.165) is 30.7 Å². The van der Waals surface area contributed by atoms with Crippen LogP contribution in [-0.4, -0.2) is 24.2 Å². The molecule has 1 rings (SSSR count). The Morgan fingerprint density at radius 3 is 2.67 bits per heavy atom. The van der Waals surface area contributed by atoms with Crippen LogP contribution in [-0.2, 0) is 6.54 Å². The molecule has 0 amide bonds. The van der Waals surface area contributed by atoms with E-state index >= 15 is 0 Å². The van der Waals surface area contributed by atoms with Crippen LogP contribution in [0.1, 0.15) is 18.4 Å². The predicted octanol–water partition coefficient (Wildman–Crippen LogP) is 2.97. The lowest BCUT2D eigenvalue weighted by Gasteiger charge is -2.16. The van der Waals surface area contributed by atoms with Gasteiger partial charge in [0.25, 0.3) is 0 Å². The van der Waals surface area contributed by atoms with E-state index in [-0.39, 0.29) is 5.82 Å². The van der Waals surface area contributed by atoms with Crippen molar-refractivity contribution < 1.29 is 4.39 Å². The molecule has 0 radical (unpaired) electrons. The monoisotopic (exact) mass is 227 g/mol. The van der Waals surface area contributed by atoms with Gasteiger partial charge in [0.1, 0.15) is 5.82 Å². The van der Waals surface area contributed by atoms with Crippen LogP contribution < -0.4 is 0 Å².